The van der Waals surface area contributed by atoms with Crippen molar-refractivity contribution in [2.45, 2.75) is 0 Å². The summed E-state index contributed by atoms with van der Waals surface area (Å²) in [4.78, 5) is 7.25. The molecule has 84 valence electrons. The molecule has 0 bridgehead atoms. The molecule has 0 aromatic rings. The molecule has 0 spiro atoms. The molecule has 1 aliphatic heterocycles. The van der Waals surface area contributed by atoms with Crippen LogP contribution in [0.2, 0.25) is 0 Å². The monoisotopic (exact) mass is 200 g/mol. The quantitative estimate of drug-likeness (QED) is 0.628. The molecule has 0 aromatic carbocycles. The minimum atomic E-state index is 0.771. The van der Waals surface area contributed by atoms with Gasteiger partial charge in [0.15, 0.2) is 0 Å². The molecule has 0 aliphatic carbocycles. The van der Waals surface area contributed by atoms with E-state index in [0.717, 1.165) is 39.3 Å². The third kappa shape index (κ3) is 4.37. The zero-order valence-electron chi connectivity index (χ0n) is 9.58. The first-order valence-electron chi connectivity index (χ1n) is 5.52. The molecule has 1 saturated heterocycles. The van der Waals surface area contributed by atoms with Crippen LogP contribution in [-0.2, 0) is 0 Å². The van der Waals surface area contributed by atoms with Crippen LogP contribution in [0, 0.1) is 0 Å². The Bertz CT molecular complexity index is 137. The van der Waals surface area contributed by atoms with Crippen LogP contribution in [0.3, 0.4) is 0 Å². The first-order chi connectivity index (χ1) is 6.72. The Hall–Kier alpha value is -0.160. The lowest BCUT2D eigenvalue weighted by atomic mass is 10.4. The van der Waals surface area contributed by atoms with E-state index < -0.39 is 0 Å². The third-order valence-corrected chi connectivity index (χ3v) is 2.90. The molecule has 1 fully saturated rings. The summed E-state index contributed by atoms with van der Waals surface area (Å²) in [6, 6.07) is 0. The molecule has 14 heavy (non-hydrogen) atoms. The van der Waals surface area contributed by atoms with Crippen molar-refractivity contribution in [1.29, 1.82) is 0 Å². The average molecular weight is 200 g/mol. The van der Waals surface area contributed by atoms with Gasteiger partial charge in [-0.3, -0.25) is 4.90 Å². The molecule has 0 radical (unpaired) electrons. The molecular weight excluding hydrogens is 176 g/mol. The fourth-order valence-electron chi connectivity index (χ4n) is 1.71. The number of hydrogen-bond donors (Lipinski definition) is 1. The van der Waals surface area contributed by atoms with Gasteiger partial charge in [-0.2, -0.15) is 0 Å². The highest BCUT2D eigenvalue weighted by atomic mass is 15.2. The van der Waals surface area contributed by atoms with E-state index in [9.17, 15) is 0 Å². The molecule has 0 unspecified atom stereocenters. The maximum atomic E-state index is 5.59. The standard InChI is InChI=1S/C10H24N4/c1-12-5-6-13(2)8-10-14(4-3-11)9-7-12/h3-11H2,1-2H3. The highest BCUT2D eigenvalue weighted by Crippen LogP contribution is 1.96. The smallest absolute Gasteiger partial charge is 0.0110 e. The first kappa shape index (κ1) is 11.9. The van der Waals surface area contributed by atoms with Crippen LogP contribution in [0.4, 0.5) is 0 Å². The van der Waals surface area contributed by atoms with Gasteiger partial charge >= 0.3 is 0 Å². The van der Waals surface area contributed by atoms with Crippen molar-refractivity contribution >= 4 is 0 Å². The van der Waals surface area contributed by atoms with Gasteiger partial charge in [-0.05, 0) is 14.1 Å². The predicted molar refractivity (Wildman–Crippen MR) is 60.5 cm³/mol. The minimum absolute atomic E-state index is 0.771. The van der Waals surface area contributed by atoms with Crippen LogP contribution in [-0.4, -0.2) is 81.2 Å². The molecular formula is C10H24N4. The molecule has 1 aliphatic rings. The summed E-state index contributed by atoms with van der Waals surface area (Å²) in [5, 5.41) is 0. The van der Waals surface area contributed by atoms with Gasteiger partial charge in [0.05, 0.1) is 0 Å². The normalized spacial score (nSPS) is 24.2. The fourth-order valence-corrected chi connectivity index (χ4v) is 1.71. The highest BCUT2D eigenvalue weighted by molar-refractivity contribution is 4.67. The molecule has 2 N–H and O–H groups in total. The van der Waals surface area contributed by atoms with Gasteiger partial charge in [0, 0.05) is 52.4 Å². The Morgan fingerprint density at radius 2 is 1.29 bits per heavy atom. The predicted octanol–water partition coefficient (Wildman–Crippen LogP) is -0.876. The fraction of sp³-hybridized carbons (Fsp3) is 1.00. The Labute approximate surface area is 87.6 Å². The zero-order chi connectivity index (χ0) is 10.4. The largest absolute Gasteiger partial charge is 0.329 e. The van der Waals surface area contributed by atoms with Crippen LogP contribution in [0.15, 0.2) is 0 Å². The Morgan fingerprint density at radius 3 is 1.71 bits per heavy atom. The summed E-state index contributed by atoms with van der Waals surface area (Å²) in [6.07, 6.45) is 0. The van der Waals surface area contributed by atoms with Crippen molar-refractivity contribution in [3.8, 4) is 0 Å². The van der Waals surface area contributed by atoms with Crippen LogP contribution in [0.25, 0.3) is 0 Å². The van der Waals surface area contributed by atoms with E-state index in [2.05, 4.69) is 28.8 Å². The minimum Gasteiger partial charge on any atom is -0.329 e. The van der Waals surface area contributed by atoms with Crippen LogP contribution >= 0.6 is 0 Å². The lowest BCUT2D eigenvalue weighted by Crippen LogP contribution is -2.37. The molecule has 0 amide bonds. The van der Waals surface area contributed by atoms with E-state index in [0.29, 0.717) is 0 Å². The molecule has 4 heteroatoms. The molecule has 0 atom stereocenters. The highest BCUT2D eigenvalue weighted by Gasteiger charge is 2.10. The molecule has 4 nitrogen and oxygen atoms in total. The van der Waals surface area contributed by atoms with E-state index in [1.54, 1.807) is 0 Å². The van der Waals surface area contributed by atoms with Gasteiger partial charge in [-0.1, -0.05) is 0 Å². The summed E-state index contributed by atoms with van der Waals surface area (Å²) in [5.41, 5.74) is 5.59. The number of hydrogen-bond acceptors (Lipinski definition) is 4. The second kappa shape index (κ2) is 6.35. The van der Waals surface area contributed by atoms with Crippen molar-refractivity contribution in [3.05, 3.63) is 0 Å². The van der Waals surface area contributed by atoms with Crippen molar-refractivity contribution < 1.29 is 0 Å². The summed E-state index contributed by atoms with van der Waals surface area (Å²) in [5.74, 6) is 0. The maximum absolute atomic E-state index is 5.59. The molecule has 0 saturated carbocycles. The van der Waals surface area contributed by atoms with E-state index in [-0.39, 0.29) is 0 Å². The van der Waals surface area contributed by atoms with Gasteiger partial charge in [-0.25, -0.2) is 0 Å². The van der Waals surface area contributed by atoms with Gasteiger partial charge in [-0.15, -0.1) is 0 Å². The van der Waals surface area contributed by atoms with Crippen LogP contribution < -0.4 is 5.73 Å². The second-order valence-corrected chi connectivity index (χ2v) is 4.24. The van der Waals surface area contributed by atoms with Gasteiger partial charge in [0.1, 0.15) is 0 Å². The average Bonchev–Trinajstić information content (AvgIpc) is 2.24. The second-order valence-electron chi connectivity index (χ2n) is 4.24. The topological polar surface area (TPSA) is 35.7 Å². The maximum Gasteiger partial charge on any atom is 0.0110 e. The summed E-state index contributed by atoms with van der Waals surface area (Å²) >= 11 is 0. The summed E-state index contributed by atoms with van der Waals surface area (Å²) in [6.45, 7) is 8.78. The number of nitrogens with zero attached hydrogens (tertiary/aromatic N) is 3. The third-order valence-electron chi connectivity index (χ3n) is 2.90. The number of likely N-dealkylation sites (N-methyl/N-ethyl adjacent to an activating group) is 2. The van der Waals surface area contributed by atoms with Crippen LogP contribution in [0.1, 0.15) is 0 Å². The van der Waals surface area contributed by atoms with Crippen LogP contribution in [0.5, 0.6) is 0 Å². The summed E-state index contributed by atoms with van der Waals surface area (Å²) < 4.78 is 0. The van der Waals surface area contributed by atoms with Crippen molar-refractivity contribution in [1.82, 2.24) is 14.7 Å². The zero-order valence-corrected chi connectivity index (χ0v) is 9.58. The van der Waals surface area contributed by atoms with E-state index in [1.165, 1.54) is 13.1 Å². The Balaban J connectivity index is 2.38. The van der Waals surface area contributed by atoms with Crippen molar-refractivity contribution in [3.63, 3.8) is 0 Å². The van der Waals surface area contributed by atoms with Gasteiger partial charge < -0.3 is 15.5 Å². The first-order valence-corrected chi connectivity index (χ1v) is 5.52. The number of rotatable bonds is 2. The molecule has 1 heterocycles. The SMILES string of the molecule is CN1CCN(C)CCN(CCN)CC1. The van der Waals surface area contributed by atoms with E-state index in [4.69, 9.17) is 5.73 Å². The van der Waals surface area contributed by atoms with Crippen molar-refractivity contribution in [2.24, 2.45) is 5.73 Å². The summed E-state index contributed by atoms with van der Waals surface area (Å²) in [7, 11) is 4.39. The molecule has 0 aromatic heterocycles. The lowest BCUT2D eigenvalue weighted by Gasteiger charge is -2.23. The number of nitrogens with two attached hydrogens (primary N) is 1. The van der Waals surface area contributed by atoms with Gasteiger partial charge in [0.25, 0.3) is 0 Å². The Morgan fingerprint density at radius 1 is 0.857 bits per heavy atom. The van der Waals surface area contributed by atoms with Gasteiger partial charge in [0.2, 0.25) is 0 Å². The van der Waals surface area contributed by atoms with E-state index in [1.807, 2.05) is 0 Å². The van der Waals surface area contributed by atoms with E-state index >= 15 is 0 Å². The lowest BCUT2D eigenvalue weighted by molar-refractivity contribution is 0.240. The Kier molecular flexibility index (Phi) is 5.40. The molecule has 1 rings (SSSR count). The van der Waals surface area contributed by atoms with Crippen molar-refractivity contribution in [2.75, 3.05) is 66.5 Å².